The van der Waals surface area contributed by atoms with E-state index in [-0.39, 0.29) is 23.0 Å². The van der Waals surface area contributed by atoms with Gasteiger partial charge in [0.1, 0.15) is 10.8 Å². The molecule has 0 fully saturated rings. The van der Waals surface area contributed by atoms with Gasteiger partial charge in [-0.05, 0) is 60.5 Å². The topological polar surface area (TPSA) is 93.4 Å². The van der Waals surface area contributed by atoms with Crippen molar-refractivity contribution in [2.75, 3.05) is 11.9 Å². The molecule has 4 N–H and O–H groups in total. The number of thiophene rings is 1. The van der Waals surface area contributed by atoms with Crippen LogP contribution in [0.2, 0.25) is 0 Å². The molecule has 0 bridgehead atoms. The molecule has 1 heterocycles. The lowest BCUT2D eigenvalue weighted by Gasteiger charge is -2.33. The van der Waals surface area contributed by atoms with E-state index < -0.39 is 5.91 Å². The van der Waals surface area contributed by atoms with Crippen LogP contribution in [0, 0.1) is 11.3 Å². The quantitative estimate of drug-likeness (QED) is 0.607. The van der Waals surface area contributed by atoms with E-state index in [2.05, 4.69) is 31.4 Å². The normalized spacial score (nSPS) is 15.8. The van der Waals surface area contributed by atoms with Crippen molar-refractivity contribution < 1.29 is 14.3 Å². The lowest BCUT2D eigenvalue weighted by molar-refractivity contribution is -0.121. The smallest absolute Gasteiger partial charge is 0.264 e. The Bertz CT molecular complexity index is 949. The summed E-state index contributed by atoms with van der Waals surface area (Å²) in [5.74, 6) is 0.276. The van der Waals surface area contributed by atoms with E-state index in [4.69, 9.17) is 22.7 Å². The van der Waals surface area contributed by atoms with Crippen molar-refractivity contribution in [2.45, 2.75) is 40.0 Å². The summed E-state index contributed by atoms with van der Waals surface area (Å²) in [5, 5.41) is 6.29. The highest BCUT2D eigenvalue weighted by Gasteiger charge is 2.33. The first kappa shape index (κ1) is 22.2. The van der Waals surface area contributed by atoms with Gasteiger partial charge in [0, 0.05) is 4.88 Å². The fourth-order valence-electron chi connectivity index (χ4n) is 3.64. The van der Waals surface area contributed by atoms with Gasteiger partial charge in [0.2, 0.25) is 0 Å². The van der Waals surface area contributed by atoms with Crippen molar-refractivity contribution in [2.24, 2.45) is 17.1 Å². The van der Waals surface area contributed by atoms with Gasteiger partial charge in [0.25, 0.3) is 11.8 Å². The lowest BCUT2D eigenvalue weighted by Crippen LogP contribution is -2.37. The van der Waals surface area contributed by atoms with Gasteiger partial charge in [-0.1, -0.05) is 39.0 Å². The van der Waals surface area contributed by atoms with Crippen LogP contribution in [0.5, 0.6) is 5.75 Å². The predicted molar refractivity (Wildman–Crippen MR) is 124 cm³/mol. The number of ether oxygens (including phenoxy) is 1. The van der Waals surface area contributed by atoms with Gasteiger partial charge in [0.05, 0.1) is 5.56 Å². The molecule has 0 spiro atoms. The highest BCUT2D eigenvalue weighted by atomic mass is 32.1. The molecular formula is C22H27N3O3S2. The molecule has 160 valence electrons. The summed E-state index contributed by atoms with van der Waals surface area (Å²) in [5.41, 5.74) is 7.37. The number of benzene rings is 1. The van der Waals surface area contributed by atoms with Gasteiger partial charge < -0.3 is 15.8 Å². The maximum Gasteiger partial charge on any atom is 0.264 e. The van der Waals surface area contributed by atoms with Crippen LogP contribution >= 0.6 is 23.6 Å². The Hall–Kier alpha value is -2.45. The van der Waals surface area contributed by atoms with E-state index in [1.165, 1.54) is 16.2 Å². The number of thiocarbonyl (C=S) groups is 1. The second-order valence-corrected chi connectivity index (χ2v) is 10.00. The molecule has 1 unspecified atom stereocenters. The number of primary amides is 1. The van der Waals surface area contributed by atoms with Crippen molar-refractivity contribution >= 4 is 45.5 Å². The number of anilines is 1. The van der Waals surface area contributed by atoms with Crippen LogP contribution in [0.15, 0.2) is 30.3 Å². The van der Waals surface area contributed by atoms with E-state index >= 15 is 0 Å². The lowest BCUT2D eigenvalue weighted by atomic mass is 9.72. The number of nitrogens with one attached hydrogen (secondary N) is 2. The zero-order chi connectivity index (χ0) is 21.9. The molecule has 0 saturated heterocycles. The van der Waals surface area contributed by atoms with Crippen LogP contribution in [0.3, 0.4) is 0 Å². The van der Waals surface area contributed by atoms with Gasteiger partial charge in [-0.15, -0.1) is 11.3 Å². The number of fused-ring (bicyclic) bond motifs is 1. The zero-order valence-electron chi connectivity index (χ0n) is 17.4. The van der Waals surface area contributed by atoms with Crippen molar-refractivity contribution in [3.05, 3.63) is 46.3 Å². The molecule has 3 rings (SSSR count). The van der Waals surface area contributed by atoms with Crippen LogP contribution in [0.25, 0.3) is 0 Å². The van der Waals surface area contributed by atoms with Crippen molar-refractivity contribution in [1.82, 2.24) is 5.32 Å². The van der Waals surface area contributed by atoms with Crippen LogP contribution in [0.4, 0.5) is 5.00 Å². The van der Waals surface area contributed by atoms with E-state index in [1.807, 2.05) is 18.2 Å². The third-order valence-electron chi connectivity index (χ3n) is 5.33. The van der Waals surface area contributed by atoms with E-state index in [0.29, 0.717) is 22.2 Å². The number of hydrogen-bond acceptors (Lipinski definition) is 5. The molecular weight excluding hydrogens is 418 g/mol. The first-order chi connectivity index (χ1) is 14.1. The van der Waals surface area contributed by atoms with Gasteiger partial charge in [-0.2, -0.15) is 0 Å². The molecule has 1 aromatic carbocycles. The largest absolute Gasteiger partial charge is 0.484 e. The zero-order valence-corrected chi connectivity index (χ0v) is 19.0. The van der Waals surface area contributed by atoms with Crippen molar-refractivity contribution in [3.63, 3.8) is 0 Å². The van der Waals surface area contributed by atoms with Crippen LogP contribution < -0.4 is 21.1 Å². The number of hydrogen-bond donors (Lipinski definition) is 3. The molecule has 6 nitrogen and oxygen atoms in total. The average Bonchev–Trinajstić information content (AvgIpc) is 3.03. The summed E-state index contributed by atoms with van der Waals surface area (Å²) < 4.78 is 5.42. The highest BCUT2D eigenvalue weighted by Crippen LogP contribution is 2.44. The molecule has 1 atom stereocenters. The Kier molecular flexibility index (Phi) is 6.77. The molecule has 0 saturated carbocycles. The summed E-state index contributed by atoms with van der Waals surface area (Å²) >= 11 is 6.76. The minimum Gasteiger partial charge on any atom is -0.484 e. The molecule has 1 aromatic heterocycles. The number of rotatable bonds is 5. The summed E-state index contributed by atoms with van der Waals surface area (Å²) in [7, 11) is 0. The van der Waals surface area contributed by atoms with E-state index in [1.54, 1.807) is 12.1 Å². The van der Waals surface area contributed by atoms with Gasteiger partial charge >= 0.3 is 0 Å². The maximum absolute atomic E-state index is 12.1. The molecule has 2 aromatic rings. The molecule has 1 aliphatic carbocycles. The molecule has 0 aliphatic heterocycles. The monoisotopic (exact) mass is 445 g/mol. The molecule has 0 radical (unpaired) electrons. The molecule has 8 heteroatoms. The second-order valence-electron chi connectivity index (χ2n) is 8.48. The minimum absolute atomic E-state index is 0.116. The third-order valence-corrected chi connectivity index (χ3v) is 6.70. The maximum atomic E-state index is 12.1. The summed E-state index contributed by atoms with van der Waals surface area (Å²) in [6, 6.07) is 9.06. The first-order valence-electron chi connectivity index (χ1n) is 9.88. The van der Waals surface area contributed by atoms with Gasteiger partial charge in [-0.25, -0.2) is 0 Å². The second kappa shape index (κ2) is 9.14. The van der Waals surface area contributed by atoms with Gasteiger partial charge in [0.15, 0.2) is 11.7 Å². The first-order valence-corrected chi connectivity index (χ1v) is 11.1. The fraction of sp³-hybridized carbons (Fsp3) is 0.409. The number of carbonyl (C=O) groups excluding carboxylic acids is 2. The SMILES string of the molecule is CC(C)(C)C1CCc2c(sc(NC(=S)NC(=O)COc3ccccc3)c2C(N)=O)C1. The van der Waals surface area contributed by atoms with Crippen LogP contribution in [-0.2, 0) is 17.6 Å². The molecule has 2 amide bonds. The summed E-state index contributed by atoms with van der Waals surface area (Å²) in [4.78, 5) is 25.4. The Labute approximate surface area is 186 Å². The van der Waals surface area contributed by atoms with Crippen LogP contribution in [-0.4, -0.2) is 23.5 Å². The standard InChI is InChI=1S/C22H27N3O3S2/c1-22(2,3)13-9-10-15-16(11-13)30-20(18(15)19(23)27)25-21(29)24-17(26)12-28-14-7-5-4-6-8-14/h4-8,13H,9-12H2,1-3H3,(H2,23,27)(H2,24,25,26,29). The fourth-order valence-corrected chi connectivity index (χ4v) is 5.25. The number of nitrogens with two attached hydrogens (primary N) is 1. The Morgan fingerprint density at radius 1 is 1.27 bits per heavy atom. The molecule has 1 aliphatic rings. The average molecular weight is 446 g/mol. The van der Waals surface area contributed by atoms with Crippen LogP contribution in [0.1, 0.15) is 48.0 Å². The highest BCUT2D eigenvalue weighted by molar-refractivity contribution is 7.80. The summed E-state index contributed by atoms with van der Waals surface area (Å²) in [6.45, 7) is 6.56. The van der Waals surface area contributed by atoms with Gasteiger partial charge in [-0.3, -0.25) is 14.9 Å². The number of carbonyl (C=O) groups is 2. The Morgan fingerprint density at radius 2 is 1.97 bits per heavy atom. The third kappa shape index (κ3) is 5.37. The predicted octanol–water partition coefficient (Wildman–Crippen LogP) is 3.89. The minimum atomic E-state index is -0.481. The number of amides is 2. The number of para-hydroxylation sites is 1. The Balaban J connectivity index is 1.66. The Morgan fingerprint density at radius 3 is 2.60 bits per heavy atom. The van der Waals surface area contributed by atoms with E-state index in [9.17, 15) is 9.59 Å². The van der Waals surface area contributed by atoms with Crippen molar-refractivity contribution in [1.29, 1.82) is 0 Å². The summed E-state index contributed by atoms with van der Waals surface area (Å²) in [6.07, 6.45) is 2.75. The van der Waals surface area contributed by atoms with Crippen molar-refractivity contribution in [3.8, 4) is 5.75 Å². The molecule has 30 heavy (non-hydrogen) atoms. The van der Waals surface area contributed by atoms with E-state index in [0.717, 1.165) is 24.8 Å².